The van der Waals surface area contributed by atoms with Crippen LogP contribution in [0.4, 0.5) is 65.5 Å². The van der Waals surface area contributed by atoms with E-state index in [1.807, 2.05) is 0 Å². The number of hydrogen-bond donors (Lipinski definition) is 0. The van der Waals surface area contributed by atoms with Crippen LogP contribution >= 0.6 is 0 Å². The van der Waals surface area contributed by atoms with Crippen LogP contribution in [0.25, 0.3) is 0 Å². The molecule has 0 aliphatic carbocycles. The molecule has 0 unspecified atom stereocenters. The second-order valence-electron chi connectivity index (χ2n) is 2.42. The summed E-state index contributed by atoms with van der Waals surface area (Å²) in [5.41, 5.74) is 0. The van der Waals surface area contributed by atoms with Gasteiger partial charge in [0.1, 0.15) is 0 Å². The number of alkyl halides is 13. The molecule has 0 radical (unpaired) electrons. The van der Waals surface area contributed by atoms with Crippen LogP contribution in [0.15, 0.2) is 0 Å². The molecular formula is C13H31F15O5S. The zero-order chi connectivity index (χ0) is 28.1. The Balaban J connectivity index is -0.0000000246. The van der Waals surface area contributed by atoms with Crippen LogP contribution in [0.3, 0.4) is 0 Å². The summed E-state index contributed by atoms with van der Waals surface area (Å²) in [6.07, 6.45) is -4.62. The van der Waals surface area contributed by atoms with Gasteiger partial charge in [0.15, 0.2) is 20.4 Å². The highest BCUT2D eigenvalue weighted by molar-refractivity contribution is 7.81. The summed E-state index contributed by atoms with van der Waals surface area (Å²) in [6.45, 7) is -7.93. The minimum Gasteiger partial charge on any atom is -0.319 e. The second kappa shape index (κ2) is 69.7. The van der Waals surface area contributed by atoms with E-state index in [2.05, 4.69) is 13.9 Å². The van der Waals surface area contributed by atoms with Crippen molar-refractivity contribution in [2.24, 2.45) is 0 Å². The van der Waals surface area contributed by atoms with E-state index in [1.54, 1.807) is 0 Å². The van der Waals surface area contributed by atoms with Crippen LogP contribution in [0.1, 0.15) is 21.8 Å². The van der Waals surface area contributed by atoms with Gasteiger partial charge in [-0.3, -0.25) is 8.78 Å². The summed E-state index contributed by atoms with van der Waals surface area (Å²) >= 11 is 0. The normalized spacial score (nSPS) is 8.06. The van der Waals surface area contributed by atoms with Crippen molar-refractivity contribution in [1.82, 2.24) is 0 Å². The van der Waals surface area contributed by atoms with Crippen molar-refractivity contribution in [3.05, 3.63) is 0 Å². The third-order valence-corrected chi connectivity index (χ3v) is 0.944. The van der Waals surface area contributed by atoms with Gasteiger partial charge in [-0.1, -0.05) is 18.7 Å². The molecule has 0 aromatic heterocycles. The van der Waals surface area contributed by atoms with Crippen molar-refractivity contribution in [2.45, 2.75) is 28.0 Å². The van der Waals surface area contributed by atoms with Crippen LogP contribution in [0, 0.1) is 0 Å². The molecule has 0 rings (SSSR count). The van der Waals surface area contributed by atoms with Gasteiger partial charge >= 0.3 is 16.7 Å². The third kappa shape index (κ3) is 451. The summed E-state index contributed by atoms with van der Waals surface area (Å²) in [5.74, 6) is 0. The molecule has 0 fully saturated rings. The lowest BCUT2D eigenvalue weighted by Crippen LogP contribution is -2.08. The molecule has 0 saturated carbocycles. The van der Waals surface area contributed by atoms with Crippen LogP contribution < -0.4 is 0 Å². The van der Waals surface area contributed by atoms with E-state index in [9.17, 15) is 65.5 Å². The van der Waals surface area contributed by atoms with E-state index in [4.69, 9.17) is 8.42 Å². The summed E-state index contributed by atoms with van der Waals surface area (Å²) in [4.78, 5) is 2.38. The fraction of sp³-hybridized carbons (Fsp3) is 1.00. The first-order valence-electron chi connectivity index (χ1n) is 6.49. The maximum absolute atomic E-state index is 10.9. The number of ether oxygens (including phenoxy) is 1. The smallest absolute Gasteiger partial charge is 0.319 e. The van der Waals surface area contributed by atoms with Crippen LogP contribution in [-0.2, 0) is 24.4 Å². The van der Waals surface area contributed by atoms with Gasteiger partial charge in [-0.15, -0.1) is 0 Å². The second-order valence-corrected chi connectivity index (χ2v) is 3.54. The van der Waals surface area contributed by atoms with Gasteiger partial charge in [0.2, 0.25) is 20.7 Å². The predicted molar refractivity (Wildman–Crippen MR) is 96.6 cm³/mol. The van der Waals surface area contributed by atoms with Gasteiger partial charge in [0.25, 0.3) is 0 Å². The molecule has 0 aliphatic heterocycles. The van der Waals surface area contributed by atoms with Crippen molar-refractivity contribution < 1.29 is 87.8 Å². The van der Waals surface area contributed by atoms with Crippen LogP contribution in [-0.4, -0.2) is 76.7 Å². The van der Waals surface area contributed by atoms with E-state index >= 15 is 0 Å². The number of rotatable bonds is 4. The first kappa shape index (κ1) is 63.8. The zero-order valence-electron chi connectivity index (χ0n) is 16.6. The number of hydrogen-bond acceptors (Lipinski definition) is 5. The van der Waals surface area contributed by atoms with Gasteiger partial charge in [-0.2, -0.15) is 26.5 Å². The zero-order valence-corrected chi connectivity index (χ0v) is 17.4. The minimum absolute atomic E-state index is 0. The molecule has 0 saturated heterocycles. The number of halogens is 15. The summed E-state index contributed by atoms with van der Waals surface area (Å²) in [7, 11) is -3.42. The van der Waals surface area contributed by atoms with Gasteiger partial charge < -0.3 is 4.74 Å². The summed E-state index contributed by atoms with van der Waals surface area (Å²) in [5, 5.41) is 0. The Labute approximate surface area is 189 Å². The Bertz CT molecular complexity index is 318. The van der Waals surface area contributed by atoms with Gasteiger partial charge in [0.05, 0.1) is 21.0 Å². The first-order chi connectivity index (χ1) is 14.7. The molecule has 21 heteroatoms. The van der Waals surface area contributed by atoms with E-state index in [1.165, 1.54) is 6.92 Å². The minimum atomic E-state index is -4.66. The average Bonchev–Trinajstić information content (AvgIpc) is 2.72. The first-order valence-corrected chi connectivity index (χ1v) is 7.80. The standard InChI is InChI=1S/C2H2F4.C2H4F2O.C2H5F.CH2F2O.2CH2F2.CH3FO3S.CH3F.2CH4/c3-1-2(4,5)6;3-1-5-2-4;1-2-3;2-1-4-3;2*2-1-3;1-5-6(2,3)4;1-2;;/h1H2;1-2H2;2H2,1H3;1H2;2*1H2;1H3;1H3;2*1H4. The van der Waals surface area contributed by atoms with Crippen molar-refractivity contribution in [2.75, 3.05) is 62.1 Å². The molecule has 0 aromatic rings. The van der Waals surface area contributed by atoms with Gasteiger partial charge in [-0.05, 0) is 11.4 Å². The molecule has 5 nitrogen and oxygen atoms in total. The maximum Gasteiger partial charge on any atom is 0.437 e. The van der Waals surface area contributed by atoms with E-state index in [0.29, 0.717) is 7.18 Å². The van der Waals surface area contributed by atoms with Crippen molar-refractivity contribution >= 4 is 10.5 Å². The molecule has 34 heavy (non-hydrogen) atoms. The SMILES string of the molecule is C.C.CCF.CF.COS(=O)(=O)F.FCC(F)(F)F.FCF.FCF.FCOCF.FCOF. The highest BCUT2D eigenvalue weighted by Crippen LogP contribution is 2.13. The summed E-state index contributed by atoms with van der Waals surface area (Å²) in [6, 6.07) is 0. The molecule has 0 aromatic carbocycles. The topological polar surface area (TPSA) is 61.8 Å². The van der Waals surface area contributed by atoms with Crippen molar-refractivity contribution in [1.29, 1.82) is 0 Å². The Morgan fingerprint density at radius 2 is 0.882 bits per heavy atom. The molecule has 0 bridgehead atoms. The van der Waals surface area contributed by atoms with Crippen LogP contribution in [0.5, 0.6) is 0 Å². The molecule has 0 spiro atoms. The van der Waals surface area contributed by atoms with E-state index in [-0.39, 0.29) is 21.5 Å². The van der Waals surface area contributed by atoms with Gasteiger partial charge in [0, 0.05) is 0 Å². The fourth-order valence-corrected chi connectivity index (χ4v) is 0.0292. The van der Waals surface area contributed by atoms with Crippen molar-refractivity contribution in [3.8, 4) is 0 Å². The maximum atomic E-state index is 10.9. The predicted octanol–water partition coefficient (Wildman–Crippen LogP) is 7.64. The molecule has 224 valence electrons. The fourth-order valence-electron chi connectivity index (χ4n) is 0.0292. The molecule has 0 aliphatic rings. The van der Waals surface area contributed by atoms with Crippen LogP contribution in [0.2, 0.25) is 0 Å². The van der Waals surface area contributed by atoms with E-state index < -0.39 is 57.8 Å². The molecule has 0 N–H and O–H groups in total. The quantitative estimate of drug-likeness (QED) is 0.251. The van der Waals surface area contributed by atoms with E-state index in [0.717, 1.165) is 7.11 Å². The lowest BCUT2D eigenvalue weighted by atomic mass is 10.8. The third-order valence-electron chi connectivity index (χ3n) is 0.546. The Morgan fingerprint density at radius 3 is 0.882 bits per heavy atom. The average molecular weight is 584 g/mol. The highest BCUT2D eigenvalue weighted by Gasteiger charge is 2.26. The lowest BCUT2D eigenvalue weighted by Gasteiger charge is -1.93. The Hall–Kier alpha value is -1.22. The molecule has 0 heterocycles. The molecular weight excluding hydrogens is 553 g/mol. The van der Waals surface area contributed by atoms with Gasteiger partial charge in [-0.25, -0.2) is 39.3 Å². The lowest BCUT2D eigenvalue weighted by molar-refractivity contribution is -0.167. The Morgan fingerprint density at radius 1 is 0.735 bits per heavy atom. The summed E-state index contributed by atoms with van der Waals surface area (Å²) < 4.78 is 177. The highest BCUT2D eigenvalue weighted by atomic mass is 32.3. The van der Waals surface area contributed by atoms with Crippen molar-refractivity contribution in [3.63, 3.8) is 0 Å². The Kier molecular flexibility index (Phi) is 131. The largest absolute Gasteiger partial charge is 0.437 e. The monoisotopic (exact) mass is 584 g/mol. The molecule has 0 atom stereocenters. The molecule has 0 amide bonds.